The van der Waals surface area contributed by atoms with Crippen LogP contribution in [0.1, 0.15) is 50.5 Å². The van der Waals surface area contributed by atoms with Crippen LogP contribution in [0.5, 0.6) is 0 Å². The monoisotopic (exact) mass is 265 g/mol. The molecule has 2 N–H and O–H groups in total. The van der Waals surface area contributed by atoms with Crippen molar-refractivity contribution in [1.29, 1.82) is 0 Å². The fourth-order valence-corrected chi connectivity index (χ4v) is 2.58. The highest BCUT2D eigenvalue weighted by molar-refractivity contribution is 5.78. The number of hydrogen-bond donors (Lipinski definition) is 2. The summed E-state index contributed by atoms with van der Waals surface area (Å²) in [6.45, 7) is 3.68. The number of carbonyl (C=O) groups is 1. The van der Waals surface area contributed by atoms with E-state index >= 15 is 0 Å². The molecule has 0 aliphatic heterocycles. The normalized spacial score (nSPS) is 19.9. The van der Waals surface area contributed by atoms with Crippen molar-refractivity contribution >= 4 is 5.91 Å². The standard InChI is InChI=1S/C15H23NO3/c1-11-8-9-13(19-11)15(2,18)10-16-14(17)12-6-4-3-5-7-12/h8-9,12,18H,3-7,10H2,1-2H3,(H,16,17). The minimum absolute atomic E-state index is 0.0586. The largest absolute Gasteiger partial charge is 0.463 e. The molecule has 0 spiro atoms. The van der Waals surface area contributed by atoms with Crippen LogP contribution in [0.2, 0.25) is 0 Å². The molecule has 1 saturated carbocycles. The molecule has 0 bridgehead atoms. The Morgan fingerprint density at radius 2 is 2.11 bits per heavy atom. The first-order valence-corrected chi connectivity index (χ1v) is 7.06. The third-order valence-electron chi connectivity index (χ3n) is 3.85. The molecule has 1 aromatic rings. The molecule has 2 rings (SSSR count). The van der Waals surface area contributed by atoms with Gasteiger partial charge in [0, 0.05) is 5.92 Å². The number of carbonyl (C=O) groups excluding carboxylic acids is 1. The minimum Gasteiger partial charge on any atom is -0.463 e. The van der Waals surface area contributed by atoms with Crippen molar-refractivity contribution in [2.45, 2.75) is 51.6 Å². The SMILES string of the molecule is Cc1ccc(C(C)(O)CNC(=O)C2CCCCC2)o1. The number of aliphatic hydroxyl groups is 1. The van der Waals surface area contributed by atoms with E-state index in [-0.39, 0.29) is 18.4 Å². The molecule has 1 aliphatic carbocycles. The zero-order chi connectivity index (χ0) is 13.9. The number of hydrogen-bond acceptors (Lipinski definition) is 3. The molecule has 19 heavy (non-hydrogen) atoms. The average Bonchev–Trinajstić information content (AvgIpc) is 2.85. The number of amides is 1. The molecule has 1 atom stereocenters. The molecule has 0 saturated heterocycles. The summed E-state index contributed by atoms with van der Waals surface area (Å²) in [5.41, 5.74) is -1.15. The molecule has 1 heterocycles. The Labute approximate surface area is 114 Å². The molecule has 1 fully saturated rings. The van der Waals surface area contributed by atoms with Crippen LogP contribution >= 0.6 is 0 Å². The lowest BCUT2D eigenvalue weighted by Crippen LogP contribution is -2.41. The number of furan rings is 1. The van der Waals surface area contributed by atoms with E-state index in [1.54, 1.807) is 13.0 Å². The van der Waals surface area contributed by atoms with Crippen LogP contribution in [0.15, 0.2) is 16.5 Å². The third-order valence-corrected chi connectivity index (χ3v) is 3.85. The quantitative estimate of drug-likeness (QED) is 0.879. The van der Waals surface area contributed by atoms with Gasteiger partial charge in [0.05, 0.1) is 6.54 Å². The molecule has 1 unspecified atom stereocenters. The van der Waals surface area contributed by atoms with Gasteiger partial charge in [-0.05, 0) is 38.8 Å². The topological polar surface area (TPSA) is 62.5 Å². The lowest BCUT2D eigenvalue weighted by molar-refractivity contribution is -0.127. The van der Waals surface area contributed by atoms with Crippen molar-refractivity contribution in [3.05, 3.63) is 23.7 Å². The van der Waals surface area contributed by atoms with Crippen molar-refractivity contribution in [1.82, 2.24) is 5.32 Å². The van der Waals surface area contributed by atoms with Crippen LogP contribution in [0, 0.1) is 12.8 Å². The van der Waals surface area contributed by atoms with E-state index in [9.17, 15) is 9.90 Å². The zero-order valence-corrected chi connectivity index (χ0v) is 11.7. The van der Waals surface area contributed by atoms with Crippen molar-refractivity contribution in [3.8, 4) is 0 Å². The lowest BCUT2D eigenvalue weighted by atomic mass is 9.88. The van der Waals surface area contributed by atoms with Gasteiger partial charge in [0.15, 0.2) is 0 Å². The van der Waals surface area contributed by atoms with Crippen molar-refractivity contribution in [2.75, 3.05) is 6.54 Å². The van der Waals surface area contributed by atoms with E-state index in [2.05, 4.69) is 5.32 Å². The highest BCUT2D eigenvalue weighted by atomic mass is 16.4. The lowest BCUT2D eigenvalue weighted by Gasteiger charge is -2.25. The van der Waals surface area contributed by atoms with E-state index in [1.807, 2.05) is 13.0 Å². The predicted molar refractivity (Wildman–Crippen MR) is 72.6 cm³/mol. The van der Waals surface area contributed by atoms with Crippen molar-refractivity contribution in [2.24, 2.45) is 5.92 Å². The second-order valence-electron chi connectivity index (χ2n) is 5.74. The van der Waals surface area contributed by atoms with Gasteiger partial charge >= 0.3 is 0 Å². The Kier molecular flexibility index (Phi) is 4.30. The Balaban J connectivity index is 1.88. The first kappa shape index (κ1) is 14.1. The molecule has 1 amide bonds. The van der Waals surface area contributed by atoms with E-state index in [0.29, 0.717) is 5.76 Å². The fourth-order valence-electron chi connectivity index (χ4n) is 2.58. The first-order chi connectivity index (χ1) is 8.99. The van der Waals surface area contributed by atoms with Gasteiger partial charge in [-0.1, -0.05) is 19.3 Å². The molecular weight excluding hydrogens is 242 g/mol. The molecule has 0 radical (unpaired) electrons. The number of aryl methyl sites for hydroxylation is 1. The third kappa shape index (κ3) is 3.60. The average molecular weight is 265 g/mol. The van der Waals surface area contributed by atoms with Gasteiger partial charge in [-0.2, -0.15) is 0 Å². The molecule has 4 heteroatoms. The maximum Gasteiger partial charge on any atom is 0.223 e. The van der Waals surface area contributed by atoms with Gasteiger partial charge in [-0.15, -0.1) is 0 Å². The van der Waals surface area contributed by atoms with Gasteiger partial charge in [-0.3, -0.25) is 4.79 Å². The summed E-state index contributed by atoms with van der Waals surface area (Å²) in [6, 6.07) is 3.56. The molecule has 106 valence electrons. The summed E-state index contributed by atoms with van der Waals surface area (Å²) in [5, 5.41) is 13.2. The van der Waals surface area contributed by atoms with Gasteiger partial charge in [0.1, 0.15) is 17.1 Å². The summed E-state index contributed by atoms with van der Waals surface area (Å²) in [5.74, 6) is 1.42. The Morgan fingerprint density at radius 1 is 1.42 bits per heavy atom. The van der Waals surface area contributed by atoms with Crippen LogP contribution in [0.3, 0.4) is 0 Å². The van der Waals surface area contributed by atoms with E-state index in [4.69, 9.17) is 4.42 Å². The first-order valence-electron chi connectivity index (χ1n) is 7.06. The van der Waals surface area contributed by atoms with Gasteiger partial charge in [-0.25, -0.2) is 0 Å². The Hall–Kier alpha value is -1.29. The molecule has 1 aliphatic rings. The number of rotatable bonds is 4. The maximum absolute atomic E-state index is 12.0. The highest BCUT2D eigenvalue weighted by Crippen LogP contribution is 2.25. The highest BCUT2D eigenvalue weighted by Gasteiger charge is 2.29. The molecule has 1 aromatic heterocycles. The maximum atomic E-state index is 12.0. The second-order valence-corrected chi connectivity index (χ2v) is 5.74. The Bertz CT molecular complexity index is 430. The molecule has 4 nitrogen and oxygen atoms in total. The summed E-state index contributed by atoms with van der Waals surface area (Å²) >= 11 is 0. The smallest absolute Gasteiger partial charge is 0.223 e. The van der Waals surface area contributed by atoms with Crippen LogP contribution < -0.4 is 5.32 Å². The summed E-state index contributed by atoms with van der Waals surface area (Å²) in [7, 11) is 0. The van der Waals surface area contributed by atoms with Gasteiger partial charge in [0.2, 0.25) is 5.91 Å². The van der Waals surface area contributed by atoms with Crippen LogP contribution in [0.4, 0.5) is 0 Å². The van der Waals surface area contributed by atoms with Crippen LogP contribution in [0.25, 0.3) is 0 Å². The molecule has 0 aromatic carbocycles. The number of nitrogens with one attached hydrogen (secondary N) is 1. The van der Waals surface area contributed by atoms with E-state index in [1.165, 1.54) is 6.42 Å². The van der Waals surface area contributed by atoms with Crippen LogP contribution in [-0.2, 0) is 10.4 Å². The van der Waals surface area contributed by atoms with E-state index in [0.717, 1.165) is 31.4 Å². The summed E-state index contributed by atoms with van der Waals surface area (Å²) < 4.78 is 5.42. The Morgan fingerprint density at radius 3 is 2.68 bits per heavy atom. The zero-order valence-electron chi connectivity index (χ0n) is 11.7. The second kappa shape index (κ2) is 5.78. The van der Waals surface area contributed by atoms with Crippen molar-refractivity contribution < 1.29 is 14.3 Å². The molecular formula is C15H23NO3. The van der Waals surface area contributed by atoms with Crippen molar-refractivity contribution in [3.63, 3.8) is 0 Å². The fraction of sp³-hybridized carbons (Fsp3) is 0.667. The van der Waals surface area contributed by atoms with Gasteiger partial charge < -0.3 is 14.8 Å². The summed E-state index contributed by atoms with van der Waals surface area (Å²) in [6.07, 6.45) is 5.42. The minimum atomic E-state index is -1.15. The summed E-state index contributed by atoms with van der Waals surface area (Å²) in [4.78, 5) is 12.0. The van der Waals surface area contributed by atoms with Gasteiger partial charge in [0.25, 0.3) is 0 Å². The van der Waals surface area contributed by atoms with E-state index < -0.39 is 5.60 Å². The van der Waals surface area contributed by atoms with Crippen LogP contribution in [-0.4, -0.2) is 17.6 Å². The predicted octanol–water partition coefficient (Wildman–Crippen LogP) is 2.49.